The highest BCUT2D eigenvalue weighted by Gasteiger charge is 2.61. The summed E-state index contributed by atoms with van der Waals surface area (Å²) in [6.07, 6.45) is 3.01. The normalized spacial score (nSPS) is 31.2. The van der Waals surface area contributed by atoms with E-state index in [4.69, 9.17) is 14.2 Å². The lowest BCUT2D eigenvalue weighted by molar-refractivity contribution is -0.140. The number of aromatic nitrogens is 2. The molecule has 2 fully saturated rings. The topological polar surface area (TPSA) is 93.8 Å². The van der Waals surface area contributed by atoms with E-state index in [1.807, 2.05) is 38.1 Å². The highest BCUT2D eigenvalue weighted by Crippen LogP contribution is 2.50. The van der Waals surface area contributed by atoms with E-state index in [1.165, 1.54) is 0 Å². The summed E-state index contributed by atoms with van der Waals surface area (Å²) in [6.45, 7) is 7.95. The number of ether oxygens (including phenoxy) is 3. The Kier molecular flexibility index (Phi) is 5.53. The molecule has 2 saturated heterocycles. The van der Waals surface area contributed by atoms with Crippen LogP contribution in [0.5, 0.6) is 0 Å². The van der Waals surface area contributed by atoms with Gasteiger partial charge in [0.15, 0.2) is 0 Å². The smallest absolute Gasteiger partial charge is 0.356 e. The first-order valence-corrected chi connectivity index (χ1v) is 11.8. The van der Waals surface area contributed by atoms with E-state index < -0.39 is 24.1 Å². The molecule has 0 amide bonds. The van der Waals surface area contributed by atoms with Gasteiger partial charge in [-0.3, -0.25) is 5.10 Å². The van der Waals surface area contributed by atoms with Gasteiger partial charge < -0.3 is 14.2 Å². The van der Waals surface area contributed by atoms with Gasteiger partial charge >= 0.3 is 11.9 Å². The molecule has 5 atom stereocenters. The van der Waals surface area contributed by atoms with E-state index in [0.717, 1.165) is 28.5 Å². The minimum Gasteiger partial charge on any atom is -0.455 e. The quantitative estimate of drug-likeness (QED) is 0.276. The number of carbonyl (C=O) groups excluding carboxylic acids is 2. The minimum absolute atomic E-state index is 0.157. The molecule has 1 N–H and O–H groups in total. The van der Waals surface area contributed by atoms with Crippen LogP contribution >= 0.6 is 15.9 Å². The largest absolute Gasteiger partial charge is 0.455 e. The Balaban J connectivity index is 1.37. The zero-order valence-electron chi connectivity index (χ0n) is 18.5. The fraction of sp³-hybridized carbons (Fsp3) is 0.400. The molecule has 8 heteroatoms. The maximum atomic E-state index is 13.0. The SMILES string of the molecule is C=C1C(=O)O[C@@H]2[C@H]3O[C@]3(C)CCC=C(C)[C@@H](OC(=O)c3cc(-c4ccc(Br)cc4)n[nH]3)C[C@@H]12. The summed E-state index contributed by atoms with van der Waals surface area (Å²) in [5.74, 6) is -1.18. The van der Waals surface area contributed by atoms with Crippen molar-refractivity contribution in [2.75, 3.05) is 0 Å². The van der Waals surface area contributed by atoms with Crippen molar-refractivity contribution in [3.8, 4) is 11.3 Å². The Morgan fingerprint density at radius 3 is 2.85 bits per heavy atom. The van der Waals surface area contributed by atoms with Gasteiger partial charge in [-0.15, -0.1) is 0 Å². The van der Waals surface area contributed by atoms with Gasteiger partial charge in [0.2, 0.25) is 0 Å². The molecule has 33 heavy (non-hydrogen) atoms. The van der Waals surface area contributed by atoms with E-state index in [-0.39, 0.29) is 23.3 Å². The average molecular weight is 513 g/mol. The maximum Gasteiger partial charge on any atom is 0.356 e. The standard InChI is InChI=1S/C25H25BrN2O5/c1-13-5-4-10-25(3)22(33-25)21-17(14(2)23(29)32-21)11-20(13)31-24(30)19-12-18(27-28-19)15-6-8-16(26)9-7-15/h5-9,12,17,20-22H,2,4,10-11H2,1,3H3,(H,27,28)/t17-,20-,21-,22+,25+/m0/s1. The fourth-order valence-electron chi connectivity index (χ4n) is 4.71. The first kappa shape index (κ1) is 22.1. The Morgan fingerprint density at radius 2 is 2.09 bits per heavy atom. The second-order valence-electron chi connectivity index (χ2n) is 9.14. The molecule has 0 bridgehead atoms. The summed E-state index contributed by atoms with van der Waals surface area (Å²) in [7, 11) is 0. The lowest BCUT2D eigenvalue weighted by atomic mass is 9.83. The van der Waals surface area contributed by atoms with Gasteiger partial charge in [0.25, 0.3) is 0 Å². The number of epoxide rings is 1. The van der Waals surface area contributed by atoms with Crippen molar-refractivity contribution >= 4 is 27.9 Å². The van der Waals surface area contributed by atoms with Crippen molar-refractivity contribution in [2.45, 2.75) is 57.0 Å². The Labute approximate surface area is 200 Å². The molecule has 5 rings (SSSR count). The minimum atomic E-state index is -0.515. The molecule has 0 spiro atoms. The molecule has 3 heterocycles. The highest BCUT2D eigenvalue weighted by atomic mass is 79.9. The van der Waals surface area contributed by atoms with Crippen LogP contribution < -0.4 is 0 Å². The third-order valence-corrected chi connectivity index (χ3v) is 7.39. The number of fused-ring (bicyclic) bond motifs is 3. The summed E-state index contributed by atoms with van der Waals surface area (Å²) in [5.41, 5.74) is 2.85. The number of hydrogen-bond donors (Lipinski definition) is 1. The molecule has 1 aliphatic carbocycles. The van der Waals surface area contributed by atoms with Crippen molar-refractivity contribution in [2.24, 2.45) is 5.92 Å². The first-order valence-electron chi connectivity index (χ1n) is 11.0. The second-order valence-corrected chi connectivity index (χ2v) is 10.1. The third-order valence-electron chi connectivity index (χ3n) is 6.86. The Morgan fingerprint density at radius 1 is 1.33 bits per heavy atom. The van der Waals surface area contributed by atoms with Crippen LogP contribution in [0.15, 0.2) is 58.6 Å². The number of carbonyl (C=O) groups is 2. The van der Waals surface area contributed by atoms with E-state index >= 15 is 0 Å². The van der Waals surface area contributed by atoms with Crippen molar-refractivity contribution in [1.29, 1.82) is 0 Å². The second kappa shape index (κ2) is 8.25. The van der Waals surface area contributed by atoms with Crippen LogP contribution in [0.1, 0.15) is 43.6 Å². The summed E-state index contributed by atoms with van der Waals surface area (Å²) < 4.78 is 18.5. The zero-order valence-corrected chi connectivity index (χ0v) is 20.1. The summed E-state index contributed by atoms with van der Waals surface area (Å²) >= 11 is 3.41. The molecule has 2 aromatic rings. The van der Waals surface area contributed by atoms with Crippen LogP contribution in [0.2, 0.25) is 0 Å². The number of allylic oxidation sites excluding steroid dienone is 1. The predicted molar refractivity (Wildman–Crippen MR) is 124 cm³/mol. The number of benzene rings is 1. The molecule has 1 aromatic heterocycles. The van der Waals surface area contributed by atoms with Crippen LogP contribution in [0.3, 0.4) is 0 Å². The Hall–Kier alpha value is -2.71. The third kappa shape index (κ3) is 4.17. The van der Waals surface area contributed by atoms with Crippen LogP contribution in [-0.2, 0) is 19.0 Å². The number of hydrogen-bond acceptors (Lipinski definition) is 6. The van der Waals surface area contributed by atoms with Crippen LogP contribution in [-0.4, -0.2) is 46.0 Å². The molecular formula is C25H25BrN2O5. The maximum absolute atomic E-state index is 13.0. The Bertz CT molecular complexity index is 1150. The van der Waals surface area contributed by atoms with Gasteiger partial charge in [0, 0.05) is 21.5 Å². The van der Waals surface area contributed by atoms with E-state index in [0.29, 0.717) is 17.7 Å². The monoisotopic (exact) mass is 512 g/mol. The van der Waals surface area contributed by atoms with Gasteiger partial charge in [0.05, 0.1) is 11.3 Å². The first-order chi connectivity index (χ1) is 15.7. The molecule has 0 radical (unpaired) electrons. The van der Waals surface area contributed by atoms with Gasteiger partial charge in [-0.2, -0.15) is 5.10 Å². The van der Waals surface area contributed by atoms with Crippen LogP contribution in [0, 0.1) is 5.92 Å². The molecular weight excluding hydrogens is 488 g/mol. The molecule has 2 aliphatic heterocycles. The lowest BCUT2D eigenvalue weighted by Gasteiger charge is -2.25. The molecule has 1 aromatic carbocycles. The van der Waals surface area contributed by atoms with Gasteiger partial charge in [-0.05, 0) is 56.9 Å². The number of nitrogens with one attached hydrogen (secondary N) is 1. The number of rotatable bonds is 3. The van der Waals surface area contributed by atoms with E-state index in [9.17, 15) is 9.59 Å². The van der Waals surface area contributed by atoms with Crippen molar-refractivity contribution in [3.05, 3.63) is 64.3 Å². The van der Waals surface area contributed by atoms with Gasteiger partial charge in [-0.25, -0.2) is 9.59 Å². The van der Waals surface area contributed by atoms with Gasteiger partial charge in [-0.1, -0.05) is 40.7 Å². The number of halogens is 1. The van der Waals surface area contributed by atoms with Crippen molar-refractivity contribution in [1.82, 2.24) is 10.2 Å². The predicted octanol–water partition coefficient (Wildman–Crippen LogP) is 4.75. The van der Waals surface area contributed by atoms with Gasteiger partial charge in [0.1, 0.15) is 24.0 Å². The molecule has 3 aliphatic rings. The summed E-state index contributed by atoms with van der Waals surface area (Å²) in [4.78, 5) is 25.3. The molecule has 172 valence electrons. The van der Waals surface area contributed by atoms with Crippen LogP contribution in [0.25, 0.3) is 11.3 Å². The zero-order chi connectivity index (χ0) is 23.3. The fourth-order valence-corrected chi connectivity index (χ4v) is 4.98. The average Bonchev–Trinajstić information content (AvgIpc) is 3.09. The lowest BCUT2D eigenvalue weighted by Crippen LogP contribution is -2.33. The molecule has 7 nitrogen and oxygen atoms in total. The van der Waals surface area contributed by atoms with Crippen molar-refractivity contribution in [3.63, 3.8) is 0 Å². The van der Waals surface area contributed by atoms with Crippen molar-refractivity contribution < 1.29 is 23.8 Å². The summed E-state index contributed by atoms with van der Waals surface area (Å²) in [6, 6.07) is 9.34. The number of nitrogens with zero attached hydrogens (tertiary/aromatic N) is 1. The number of aromatic amines is 1. The summed E-state index contributed by atoms with van der Waals surface area (Å²) in [5, 5.41) is 7.04. The molecule has 0 unspecified atom stereocenters. The number of esters is 2. The highest BCUT2D eigenvalue weighted by molar-refractivity contribution is 9.10. The van der Waals surface area contributed by atoms with E-state index in [1.54, 1.807) is 6.07 Å². The van der Waals surface area contributed by atoms with Crippen LogP contribution in [0.4, 0.5) is 0 Å². The van der Waals surface area contributed by atoms with E-state index in [2.05, 4.69) is 38.8 Å². The molecule has 0 saturated carbocycles. The number of H-pyrrole nitrogens is 1.